The molecule has 0 saturated carbocycles. The Kier molecular flexibility index (Phi) is 4.84. The van der Waals surface area contributed by atoms with E-state index in [1.807, 2.05) is 19.1 Å². The van der Waals surface area contributed by atoms with Crippen LogP contribution in [0.5, 0.6) is 0 Å². The fourth-order valence-corrected chi connectivity index (χ4v) is 5.42. The zero-order chi connectivity index (χ0) is 16.0. The monoisotopic (exact) mass is 367 g/mol. The molecule has 2 fully saturated rings. The predicted octanol–water partition coefficient (Wildman–Crippen LogP) is 2.53. The van der Waals surface area contributed by atoms with Gasteiger partial charge in [0, 0.05) is 29.7 Å². The number of rotatable bonds is 3. The van der Waals surface area contributed by atoms with Gasteiger partial charge in [-0.05, 0) is 56.4 Å². The minimum atomic E-state index is -3.54. The number of aryl methyl sites for hydroxylation is 1. The van der Waals surface area contributed by atoms with Crippen molar-refractivity contribution in [2.75, 3.05) is 0 Å². The van der Waals surface area contributed by atoms with Crippen molar-refractivity contribution in [2.45, 2.75) is 55.6 Å². The summed E-state index contributed by atoms with van der Waals surface area (Å²) >= 11 is 0. The fraction of sp³-hybridized carbons (Fsp3) is 0.471. The first-order valence-electron chi connectivity index (χ1n) is 8.15. The van der Waals surface area contributed by atoms with Crippen LogP contribution in [0.25, 0.3) is 10.9 Å². The summed E-state index contributed by atoms with van der Waals surface area (Å²) in [4.78, 5) is 4.66. The second-order valence-corrected chi connectivity index (χ2v) is 8.39. The largest absolute Gasteiger partial charge is 0.311 e. The molecule has 2 aromatic rings. The highest BCUT2D eigenvalue weighted by molar-refractivity contribution is 7.89. The normalized spacial score (nSPS) is 26.3. The molecular weight excluding hydrogens is 346 g/mol. The summed E-state index contributed by atoms with van der Waals surface area (Å²) in [5.74, 6) is 0. The van der Waals surface area contributed by atoms with Crippen LogP contribution in [0, 0.1) is 6.92 Å². The van der Waals surface area contributed by atoms with E-state index in [0.29, 0.717) is 22.4 Å². The zero-order valence-electron chi connectivity index (χ0n) is 13.5. The Morgan fingerprint density at radius 1 is 1.17 bits per heavy atom. The Hall–Kier alpha value is -1.21. The average Bonchev–Trinajstić information content (AvgIpc) is 2.86. The molecule has 2 aliphatic rings. The number of sulfonamides is 1. The second kappa shape index (κ2) is 6.59. The molecule has 1 aromatic heterocycles. The van der Waals surface area contributed by atoms with Crippen molar-refractivity contribution in [1.82, 2.24) is 15.0 Å². The van der Waals surface area contributed by atoms with Crippen LogP contribution in [0.4, 0.5) is 0 Å². The molecule has 4 rings (SSSR count). The second-order valence-electron chi connectivity index (χ2n) is 6.71. The van der Waals surface area contributed by atoms with E-state index in [1.165, 1.54) is 0 Å². The molecule has 1 aromatic carbocycles. The molecule has 2 atom stereocenters. The zero-order valence-corrected chi connectivity index (χ0v) is 15.2. The predicted molar refractivity (Wildman–Crippen MR) is 97.0 cm³/mol. The smallest absolute Gasteiger partial charge is 0.241 e. The van der Waals surface area contributed by atoms with E-state index in [0.717, 1.165) is 36.8 Å². The highest BCUT2D eigenvalue weighted by atomic mass is 35.5. The van der Waals surface area contributed by atoms with Crippen LogP contribution in [-0.4, -0.2) is 31.5 Å². The van der Waals surface area contributed by atoms with E-state index in [1.54, 1.807) is 18.3 Å². The van der Waals surface area contributed by atoms with Crippen LogP contribution in [0.3, 0.4) is 0 Å². The van der Waals surface area contributed by atoms with Gasteiger partial charge < -0.3 is 5.32 Å². The minimum Gasteiger partial charge on any atom is -0.311 e. The molecule has 7 heteroatoms. The highest BCUT2D eigenvalue weighted by Gasteiger charge is 2.35. The third kappa shape index (κ3) is 3.16. The van der Waals surface area contributed by atoms with Gasteiger partial charge in [0.1, 0.15) is 0 Å². The van der Waals surface area contributed by atoms with Crippen molar-refractivity contribution in [1.29, 1.82) is 0 Å². The molecule has 0 amide bonds. The van der Waals surface area contributed by atoms with Crippen molar-refractivity contribution in [3.05, 3.63) is 36.0 Å². The minimum absolute atomic E-state index is 0. The van der Waals surface area contributed by atoms with Crippen molar-refractivity contribution in [3.8, 4) is 0 Å². The molecule has 130 valence electrons. The van der Waals surface area contributed by atoms with E-state index in [2.05, 4.69) is 15.0 Å². The Morgan fingerprint density at radius 2 is 1.88 bits per heavy atom. The highest BCUT2D eigenvalue weighted by Crippen LogP contribution is 2.29. The van der Waals surface area contributed by atoms with Crippen LogP contribution in [0.15, 0.2) is 35.4 Å². The standard InChI is InChI=1S/C17H21N3O2S.ClH/c1-11-4-7-16(15-3-2-8-18-17(11)15)23(21,22)20-14-9-12-5-6-13(10-14)19-12;/h2-4,7-8,12-14,19-20H,5-6,9-10H2,1H3;1H. The number of fused-ring (bicyclic) bond motifs is 3. The lowest BCUT2D eigenvalue weighted by Crippen LogP contribution is -2.47. The first-order valence-corrected chi connectivity index (χ1v) is 9.64. The van der Waals surface area contributed by atoms with Crippen LogP contribution in [-0.2, 0) is 10.0 Å². The molecule has 2 N–H and O–H groups in total. The molecular formula is C17H22ClN3O2S. The maximum Gasteiger partial charge on any atom is 0.241 e. The third-order valence-corrected chi connectivity index (χ3v) is 6.59. The first kappa shape index (κ1) is 17.6. The molecule has 2 bridgehead atoms. The maximum absolute atomic E-state index is 12.9. The SMILES string of the molecule is Cc1ccc(S(=O)(=O)NC2CC3CCC(C2)N3)c2cccnc12.Cl. The quantitative estimate of drug-likeness (QED) is 0.874. The first-order chi connectivity index (χ1) is 11.0. The third-order valence-electron chi connectivity index (χ3n) is 5.02. The van der Waals surface area contributed by atoms with Crippen molar-refractivity contribution in [3.63, 3.8) is 0 Å². The van der Waals surface area contributed by atoms with Crippen molar-refractivity contribution >= 4 is 33.3 Å². The Balaban J connectivity index is 0.00000169. The number of nitrogens with one attached hydrogen (secondary N) is 2. The van der Waals surface area contributed by atoms with Gasteiger partial charge >= 0.3 is 0 Å². The lowest BCUT2D eigenvalue weighted by molar-refractivity contribution is 0.345. The lowest BCUT2D eigenvalue weighted by Gasteiger charge is -2.29. The average molecular weight is 368 g/mol. The molecule has 24 heavy (non-hydrogen) atoms. The number of nitrogens with zero attached hydrogens (tertiary/aromatic N) is 1. The van der Waals surface area contributed by atoms with Gasteiger partial charge in [0.05, 0.1) is 10.4 Å². The van der Waals surface area contributed by atoms with Gasteiger partial charge in [-0.3, -0.25) is 4.98 Å². The van der Waals surface area contributed by atoms with Gasteiger partial charge in [-0.2, -0.15) is 0 Å². The van der Waals surface area contributed by atoms with Crippen LogP contribution < -0.4 is 10.0 Å². The summed E-state index contributed by atoms with van der Waals surface area (Å²) < 4.78 is 28.7. The summed E-state index contributed by atoms with van der Waals surface area (Å²) in [6, 6.07) is 8.07. The van der Waals surface area contributed by atoms with Crippen LogP contribution in [0.2, 0.25) is 0 Å². The van der Waals surface area contributed by atoms with E-state index in [9.17, 15) is 8.42 Å². The number of pyridine rings is 1. The Bertz CT molecular complexity index is 844. The van der Waals surface area contributed by atoms with Crippen molar-refractivity contribution in [2.24, 2.45) is 0 Å². The molecule has 5 nitrogen and oxygen atoms in total. The maximum atomic E-state index is 12.9. The lowest BCUT2D eigenvalue weighted by atomic mass is 10.0. The van der Waals surface area contributed by atoms with Gasteiger partial charge in [-0.25, -0.2) is 13.1 Å². The summed E-state index contributed by atoms with van der Waals surface area (Å²) in [6.07, 6.45) is 5.75. The molecule has 2 aliphatic heterocycles. The molecule has 0 aliphatic carbocycles. The number of piperidine rings is 1. The number of benzene rings is 1. The number of aromatic nitrogens is 1. The molecule has 0 spiro atoms. The number of hydrogen-bond donors (Lipinski definition) is 2. The Labute approximate surface area is 148 Å². The Morgan fingerprint density at radius 3 is 2.58 bits per heavy atom. The summed E-state index contributed by atoms with van der Waals surface area (Å²) in [5, 5.41) is 4.23. The van der Waals surface area contributed by atoms with Gasteiger partial charge in [0.15, 0.2) is 0 Å². The van der Waals surface area contributed by atoms with E-state index < -0.39 is 10.0 Å². The summed E-state index contributed by atoms with van der Waals surface area (Å²) in [5.41, 5.74) is 1.74. The van der Waals surface area contributed by atoms with E-state index in [-0.39, 0.29) is 18.4 Å². The van der Waals surface area contributed by atoms with Gasteiger partial charge in [0.25, 0.3) is 0 Å². The molecule has 2 unspecified atom stereocenters. The van der Waals surface area contributed by atoms with E-state index in [4.69, 9.17) is 0 Å². The number of hydrogen-bond acceptors (Lipinski definition) is 4. The summed E-state index contributed by atoms with van der Waals surface area (Å²) in [6.45, 7) is 1.95. The van der Waals surface area contributed by atoms with Gasteiger partial charge in [-0.1, -0.05) is 6.07 Å². The topological polar surface area (TPSA) is 71.1 Å². The molecule has 0 radical (unpaired) electrons. The fourth-order valence-electron chi connectivity index (χ4n) is 3.96. The number of halogens is 1. The van der Waals surface area contributed by atoms with Gasteiger partial charge in [-0.15, -0.1) is 12.4 Å². The summed E-state index contributed by atoms with van der Waals surface area (Å²) in [7, 11) is -3.54. The van der Waals surface area contributed by atoms with E-state index >= 15 is 0 Å². The van der Waals surface area contributed by atoms with Crippen LogP contribution >= 0.6 is 12.4 Å². The molecule has 2 saturated heterocycles. The van der Waals surface area contributed by atoms with Gasteiger partial charge in [0.2, 0.25) is 10.0 Å². The van der Waals surface area contributed by atoms with Crippen LogP contribution in [0.1, 0.15) is 31.2 Å². The van der Waals surface area contributed by atoms with Crippen molar-refractivity contribution < 1.29 is 8.42 Å². The molecule has 3 heterocycles.